The van der Waals surface area contributed by atoms with Crippen molar-refractivity contribution in [3.63, 3.8) is 0 Å². The third-order valence-corrected chi connectivity index (χ3v) is 4.43. The van der Waals surface area contributed by atoms with Crippen molar-refractivity contribution >= 4 is 16.3 Å². The summed E-state index contributed by atoms with van der Waals surface area (Å²) in [5, 5.41) is 2.84. The van der Waals surface area contributed by atoms with Crippen LogP contribution in [0.25, 0.3) is 16.3 Å². The molecule has 0 amide bonds. The van der Waals surface area contributed by atoms with Gasteiger partial charge in [0.15, 0.2) is 0 Å². The molecular formula is C21H22. The number of rotatable bonds is 1. The highest BCUT2D eigenvalue weighted by Crippen LogP contribution is 2.32. The van der Waals surface area contributed by atoms with Gasteiger partial charge in [0.1, 0.15) is 0 Å². The van der Waals surface area contributed by atoms with E-state index in [-0.39, 0.29) is 0 Å². The molecule has 0 unspecified atom stereocenters. The Morgan fingerprint density at radius 3 is 2.67 bits per heavy atom. The second-order valence-corrected chi connectivity index (χ2v) is 5.84. The Balaban J connectivity index is 2.33. The van der Waals surface area contributed by atoms with Gasteiger partial charge in [-0.2, -0.15) is 0 Å². The van der Waals surface area contributed by atoms with E-state index < -0.39 is 0 Å². The molecule has 0 atom stereocenters. The molecule has 0 radical (unpaired) electrons. The van der Waals surface area contributed by atoms with Crippen molar-refractivity contribution in [3.05, 3.63) is 76.9 Å². The van der Waals surface area contributed by atoms with E-state index in [1.807, 2.05) is 0 Å². The molecule has 0 fully saturated rings. The highest BCUT2D eigenvalue weighted by Gasteiger charge is 2.10. The van der Waals surface area contributed by atoms with Gasteiger partial charge >= 0.3 is 0 Å². The van der Waals surface area contributed by atoms with Gasteiger partial charge in [0.25, 0.3) is 0 Å². The average Bonchev–Trinajstić information content (AvgIpc) is 2.58. The Morgan fingerprint density at radius 2 is 1.86 bits per heavy atom. The molecule has 21 heavy (non-hydrogen) atoms. The van der Waals surface area contributed by atoms with Crippen molar-refractivity contribution in [2.75, 3.05) is 0 Å². The molecule has 0 spiro atoms. The van der Waals surface area contributed by atoms with Gasteiger partial charge in [0, 0.05) is 0 Å². The first-order valence-corrected chi connectivity index (χ1v) is 7.71. The van der Waals surface area contributed by atoms with E-state index in [9.17, 15) is 0 Å². The Hall–Kier alpha value is -2.08. The molecular weight excluding hydrogens is 252 g/mol. The van der Waals surface area contributed by atoms with Gasteiger partial charge in [-0.15, -0.1) is 0 Å². The normalized spacial score (nSPS) is 15.4. The number of benzene rings is 2. The monoisotopic (exact) mass is 274 g/mol. The van der Waals surface area contributed by atoms with Gasteiger partial charge in [-0.1, -0.05) is 60.2 Å². The summed E-state index contributed by atoms with van der Waals surface area (Å²) in [6.07, 6.45) is 11.1. The first kappa shape index (κ1) is 13.9. The molecule has 1 aliphatic carbocycles. The minimum absolute atomic E-state index is 1.01. The maximum atomic E-state index is 2.33. The third-order valence-electron chi connectivity index (χ3n) is 4.43. The molecule has 0 heterocycles. The fraction of sp³-hybridized carbons (Fsp3) is 0.238. The Labute approximate surface area is 127 Å². The topological polar surface area (TPSA) is 0 Å². The van der Waals surface area contributed by atoms with Gasteiger partial charge < -0.3 is 0 Å². The van der Waals surface area contributed by atoms with E-state index in [0.29, 0.717) is 0 Å². The lowest BCUT2D eigenvalue weighted by Crippen LogP contribution is -1.94. The third kappa shape index (κ3) is 2.58. The lowest BCUT2D eigenvalue weighted by Gasteiger charge is -2.14. The average molecular weight is 274 g/mol. The molecule has 0 aromatic heterocycles. The van der Waals surface area contributed by atoms with Gasteiger partial charge in [0.05, 0.1) is 0 Å². The summed E-state index contributed by atoms with van der Waals surface area (Å²) in [5.74, 6) is 0. The van der Waals surface area contributed by atoms with Crippen LogP contribution in [0.15, 0.2) is 60.2 Å². The van der Waals surface area contributed by atoms with Crippen molar-refractivity contribution in [1.29, 1.82) is 0 Å². The second kappa shape index (κ2) is 5.73. The SMILES string of the molecule is CC=C(C)c1ccc2c3c(cccc13)CC=C(C)C=CC2. The van der Waals surface area contributed by atoms with E-state index in [4.69, 9.17) is 0 Å². The highest BCUT2D eigenvalue weighted by atomic mass is 14.1. The highest BCUT2D eigenvalue weighted by molar-refractivity contribution is 5.97. The van der Waals surface area contributed by atoms with E-state index in [1.54, 1.807) is 0 Å². The quantitative estimate of drug-likeness (QED) is 0.610. The molecule has 0 N–H and O–H groups in total. The van der Waals surface area contributed by atoms with Crippen molar-refractivity contribution in [1.82, 2.24) is 0 Å². The van der Waals surface area contributed by atoms with Crippen LogP contribution < -0.4 is 0 Å². The predicted octanol–water partition coefficient (Wildman–Crippen LogP) is 5.86. The van der Waals surface area contributed by atoms with Crippen LogP contribution in [0.2, 0.25) is 0 Å². The van der Waals surface area contributed by atoms with Crippen molar-refractivity contribution < 1.29 is 0 Å². The minimum Gasteiger partial charge on any atom is -0.0841 e. The fourth-order valence-electron chi connectivity index (χ4n) is 3.11. The van der Waals surface area contributed by atoms with E-state index in [0.717, 1.165) is 12.8 Å². The summed E-state index contributed by atoms with van der Waals surface area (Å²) in [6.45, 7) is 6.49. The Kier molecular flexibility index (Phi) is 3.79. The fourth-order valence-corrected chi connectivity index (χ4v) is 3.11. The summed E-state index contributed by atoms with van der Waals surface area (Å²) >= 11 is 0. The lowest BCUT2D eigenvalue weighted by atomic mass is 9.90. The first-order valence-electron chi connectivity index (χ1n) is 7.71. The maximum absolute atomic E-state index is 2.33. The zero-order valence-corrected chi connectivity index (χ0v) is 13.1. The molecule has 3 rings (SSSR count). The van der Waals surface area contributed by atoms with Crippen molar-refractivity contribution in [3.8, 4) is 0 Å². The van der Waals surface area contributed by atoms with Crippen LogP contribution in [-0.4, -0.2) is 0 Å². The van der Waals surface area contributed by atoms with Crippen LogP contribution in [-0.2, 0) is 12.8 Å². The molecule has 0 bridgehead atoms. The van der Waals surface area contributed by atoms with Gasteiger partial charge in [-0.25, -0.2) is 0 Å². The molecule has 2 aromatic rings. The minimum atomic E-state index is 1.01. The smallest absolute Gasteiger partial charge is 0.00855 e. The summed E-state index contributed by atoms with van der Waals surface area (Å²) in [7, 11) is 0. The van der Waals surface area contributed by atoms with Crippen LogP contribution in [0.3, 0.4) is 0 Å². The zero-order valence-electron chi connectivity index (χ0n) is 13.1. The standard InChI is InChI=1S/C21H22/c1-4-16(3)19-14-13-18-8-5-7-15(2)11-12-17-9-6-10-20(19)21(17)18/h4-7,9-11,13-14H,8,12H2,1-3H3. The molecule has 0 aliphatic heterocycles. The molecule has 0 saturated heterocycles. The second-order valence-electron chi connectivity index (χ2n) is 5.84. The molecule has 1 aliphatic rings. The van der Waals surface area contributed by atoms with Crippen LogP contribution in [0.1, 0.15) is 37.5 Å². The molecule has 0 heteroatoms. The van der Waals surface area contributed by atoms with Crippen LogP contribution in [0.5, 0.6) is 0 Å². The zero-order chi connectivity index (χ0) is 14.8. The molecule has 106 valence electrons. The van der Waals surface area contributed by atoms with Gasteiger partial charge in [0.2, 0.25) is 0 Å². The first-order chi connectivity index (χ1) is 10.2. The summed E-state index contributed by atoms with van der Waals surface area (Å²) in [6, 6.07) is 11.3. The number of hydrogen-bond donors (Lipinski definition) is 0. The molecule has 0 saturated carbocycles. The largest absolute Gasteiger partial charge is 0.0841 e. The van der Waals surface area contributed by atoms with Crippen molar-refractivity contribution in [2.45, 2.75) is 33.6 Å². The van der Waals surface area contributed by atoms with Crippen molar-refractivity contribution in [2.24, 2.45) is 0 Å². The van der Waals surface area contributed by atoms with Crippen LogP contribution in [0, 0.1) is 0 Å². The van der Waals surface area contributed by atoms with Gasteiger partial charge in [-0.3, -0.25) is 0 Å². The van der Waals surface area contributed by atoms with Crippen LogP contribution in [0.4, 0.5) is 0 Å². The van der Waals surface area contributed by atoms with E-state index in [2.05, 4.69) is 75.4 Å². The Morgan fingerprint density at radius 1 is 1.05 bits per heavy atom. The predicted molar refractivity (Wildman–Crippen MR) is 93.6 cm³/mol. The van der Waals surface area contributed by atoms with E-state index >= 15 is 0 Å². The summed E-state index contributed by atoms with van der Waals surface area (Å²) in [5.41, 5.74) is 6.94. The van der Waals surface area contributed by atoms with Crippen LogP contribution >= 0.6 is 0 Å². The number of allylic oxidation sites excluding steroid dienone is 6. The molecule has 0 nitrogen and oxygen atoms in total. The van der Waals surface area contributed by atoms with E-state index in [1.165, 1.54) is 38.6 Å². The number of hydrogen-bond acceptors (Lipinski definition) is 0. The van der Waals surface area contributed by atoms with Gasteiger partial charge in [-0.05, 0) is 66.6 Å². The molecule has 2 aromatic carbocycles. The lowest BCUT2D eigenvalue weighted by molar-refractivity contribution is 1.26. The Bertz CT molecular complexity index is 770. The summed E-state index contributed by atoms with van der Waals surface area (Å²) in [4.78, 5) is 0. The summed E-state index contributed by atoms with van der Waals surface area (Å²) < 4.78 is 0. The maximum Gasteiger partial charge on any atom is -0.00855 e.